The van der Waals surface area contributed by atoms with Gasteiger partial charge >= 0.3 is 5.97 Å². The molecular formula is C15H15F2NO5. The van der Waals surface area contributed by atoms with E-state index in [-0.39, 0.29) is 6.61 Å². The van der Waals surface area contributed by atoms with Crippen LogP contribution in [-0.4, -0.2) is 47.0 Å². The highest BCUT2D eigenvalue weighted by Crippen LogP contribution is 2.28. The van der Waals surface area contributed by atoms with Gasteiger partial charge in [0.15, 0.2) is 0 Å². The van der Waals surface area contributed by atoms with Crippen LogP contribution >= 0.6 is 0 Å². The van der Waals surface area contributed by atoms with Crippen molar-refractivity contribution < 1.29 is 33.0 Å². The summed E-state index contributed by atoms with van der Waals surface area (Å²) in [5.41, 5.74) is -1.33. The van der Waals surface area contributed by atoms with Crippen LogP contribution in [0.25, 0.3) is 0 Å². The second-order valence-electron chi connectivity index (χ2n) is 5.10. The van der Waals surface area contributed by atoms with Crippen molar-refractivity contribution in [1.82, 2.24) is 4.90 Å². The number of ether oxygens (including phenoxy) is 1. The topological polar surface area (TPSA) is 83.9 Å². The average Bonchev–Trinajstić information content (AvgIpc) is 2.73. The molecule has 0 aliphatic carbocycles. The third kappa shape index (κ3) is 2.94. The van der Waals surface area contributed by atoms with E-state index in [4.69, 9.17) is 4.74 Å². The van der Waals surface area contributed by atoms with E-state index in [1.165, 1.54) is 6.92 Å². The number of carbonyl (C=O) groups excluding carboxylic acids is 3. The average molecular weight is 327 g/mol. The Bertz CT molecular complexity index is 633. The lowest BCUT2D eigenvalue weighted by molar-refractivity contribution is -0.151. The highest BCUT2D eigenvalue weighted by atomic mass is 19.1. The largest absolute Gasteiger partial charge is 0.466 e. The Morgan fingerprint density at radius 1 is 1.22 bits per heavy atom. The number of esters is 1. The molecule has 1 heterocycles. The smallest absolute Gasteiger partial charge is 0.313 e. The minimum absolute atomic E-state index is 0.0490. The molecule has 1 N–H and O–H groups in total. The molecule has 1 aliphatic rings. The van der Waals surface area contributed by atoms with Gasteiger partial charge in [0, 0.05) is 6.54 Å². The van der Waals surface area contributed by atoms with E-state index in [1.54, 1.807) is 6.92 Å². The SMILES string of the molecule is CCOC(=O)[C@@H](CN1C(=O)c2c(F)ccc(F)c2C1=O)[C@@H](C)O. The van der Waals surface area contributed by atoms with Crippen molar-refractivity contribution in [3.05, 3.63) is 34.9 Å². The molecule has 6 nitrogen and oxygen atoms in total. The molecule has 2 rings (SSSR count). The maximum atomic E-state index is 13.7. The first kappa shape index (κ1) is 17.0. The van der Waals surface area contributed by atoms with E-state index in [0.29, 0.717) is 4.90 Å². The summed E-state index contributed by atoms with van der Waals surface area (Å²) < 4.78 is 32.2. The van der Waals surface area contributed by atoms with Crippen molar-refractivity contribution in [3.8, 4) is 0 Å². The molecule has 23 heavy (non-hydrogen) atoms. The minimum atomic E-state index is -1.21. The number of benzene rings is 1. The van der Waals surface area contributed by atoms with Crippen LogP contribution in [0, 0.1) is 17.6 Å². The van der Waals surface area contributed by atoms with E-state index in [0.717, 1.165) is 12.1 Å². The first-order valence-electron chi connectivity index (χ1n) is 6.98. The fourth-order valence-corrected chi connectivity index (χ4v) is 2.37. The molecule has 1 aromatic carbocycles. The summed E-state index contributed by atoms with van der Waals surface area (Å²) >= 11 is 0. The molecule has 8 heteroatoms. The first-order chi connectivity index (χ1) is 10.8. The van der Waals surface area contributed by atoms with Crippen LogP contribution in [0.15, 0.2) is 12.1 Å². The van der Waals surface area contributed by atoms with Gasteiger partial charge in [0.1, 0.15) is 17.6 Å². The quantitative estimate of drug-likeness (QED) is 0.647. The number of rotatable bonds is 5. The third-order valence-electron chi connectivity index (χ3n) is 3.57. The van der Waals surface area contributed by atoms with Crippen LogP contribution in [0.5, 0.6) is 0 Å². The third-order valence-corrected chi connectivity index (χ3v) is 3.57. The normalized spacial score (nSPS) is 16.3. The van der Waals surface area contributed by atoms with Crippen molar-refractivity contribution in [3.63, 3.8) is 0 Å². The van der Waals surface area contributed by atoms with E-state index in [9.17, 15) is 28.3 Å². The lowest BCUT2D eigenvalue weighted by Crippen LogP contribution is -2.42. The predicted octanol–water partition coefficient (Wildman–Crippen LogP) is 1.12. The molecule has 0 saturated carbocycles. The van der Waals surface area contributed by atoms with Gasteiger partial charge in [-0.15, -0.1) is 0 Å². The number of nitrogens with zero attached hydrogens (tertiary/aromatic N) is 1. The summed E-state index contributed by atoms with van der Waals surface area (Å²) in [6.45, 7) is 2.37. The Hall–Kier alpha value is -2.35. The van der Waals surface area contributed by atoms with Gasteiger partial charge in [-0.3, -0.25) is 19.3 Å². The Balaban J connectivity index is 2.34. The molecule has 0 spiro atoms. The van der Waals surface area contributed by atoms with Crippen LogP contribution in [0.1, 0.15) is 34.6 Å². The minimum Gasteiger partial charge on any atom is -0.466 e. The van der Waals surface area contributed by atoms with Gasteiger partial charge < -0.3 is 9.84 Å². The summed E-state index contributed by atoms with van der Waals surface area (Å²) in [4.78, 5) is 36.7. The molecule has 0 fully saturated rings. The zero-order valence-corrected chi connectivity index (χ0v) is 12.5. The number of hydrogen-bond donors (Lipinski definition) is 1. The number of carbonyl (C=O) groups is 3. The predicted molar refractivity (Wildman–Crippen MR) is 73.5 cm³/mol. The van der Waals surface area contributed by atoms with E-state index < -0.39 is 59.1 Å². The molecule has 1 aromatic rings. The van der Waals surface area contributed by atoms with Crippen molar-refractivity contribution in [1.29, 1.82) is 0 Å². The lowest BCUT2D eigenvalue weighted by Gasteiger charge is -2.23. The monoisotopic (exact) mass is 327 g/mol. The molecular weight excluding hydrogens is 312 g/mol. The molecule has 0 bridgehead atoms. The molecule has 0 aromatic heterocycles. The molecule has 0 unspecified atom stereocenters. The van der Waals surface area contributed by atoms with E-state index in [1.807, 2.05) is 0 Å². The summed E-state index contributed by atoms with van der Waals surface area (Å²) in [5, 5.41) is 9.67. The number of halogens is 2. The molecule has 1 aliphatic heterocycles. The molecule has 124 valence electrons. The standard InChI is InChI=1S/C15H15F2NO5/c1-3-23-15(22)8(7(2)19)6-18-13(20)11-9(16)4-5-10(17)12(11)14(18)21/h4-5,7-8,19H,3,6H2,1-2H3/t7-,8+/m1/s1. The molecule has 2 atom stereocenters. The van der Waals surface area contributed by atoms with Gasteiger partial charge in [0.25, 0.3) is 11.8 Å². The lowest BCUT2D eigenvalue weighted by atomic mass is 10.0. The maximum Gasteiger partial charge on any atom is 0.313 e. The van der Waals surface area contributed by atoms with Crippen LogP contribution in [0.2, 0.25) is 0 Å². The fourth-order valence-electron chi connectivity index (χ4n) is 2.37. The van der Waals surface area contributed by atoms with Crippen molar-refractivity contribution >= 4 is 17.8 Å². The van der Waals surface area contributed by atoms with Crippen molar-refractivity contribution in [2.24, 2.45) is 5.92 Å². The Kier molecular flexibility index (Phi) is 4.74. The Labute approximate surface area is 130 Å². The van der Waals surface area contributed by atoms with E-state index >= 15 is 0 Å². The summed E-state index contributed by atoms with van der Waals surface area (Å²) in [5.74, 6) is -6.14. The highest BCUT2D eigenvalue weighted by Gasteiger charge is 2.43. The highest BCUT2D eigenvalue weighted by molar-refractivity contribution is 6.21. The number of imide groups is 1. The number of hydrogen-bond acceptors (Lipinski definition) is 5. The van der Waals surface area contributed by atoms with Crippen LogP contribution in [-0.2, 0) is 9.53 Å². The van der Waals surface area contributed by atoms with Crippen LogP contribution < -0.4 is 0 Å². The molecule has 2 amide bonds. The van der Waals surface area contributed by atoms with Crippen molar-refractivity contribution in [2.75, 3.05) is 13.2 Å². The zero-order valence-electron chi connectivity index (χ0n) is 12.5. The van der Waals surface area contributed by atoms with Gasteiger partial charge in [0.05, 0.1) is 23.8 Å². The first-order valence-corrected chi connectivity index (χ1v) is 6.98. The van der Waals surface area contributed by atoms with Gasteiger partial charge in [-0.25, -0.2) is 8.78 Å². The van der Waals surface area contributed by atoms with Gasteiger partial charge in [-0.05, 0) is 26.0 Å². The molecule has 0 saturated heterocycles. The molecule has 0 radical (unpaired) electrons. The summed E-state index contributed by atoms with van der Waals surface area (Å²) in [7, 11) is 0. The van der Waals surface area contributed by atoms with Gasteiger partial charge in [-0.2, -0.15) is 0 Å². The van der Waals surface area contributed by atoms with E-state index in [2.05, 4.69) is 0 Å². The number of aliphatic hydroxyl groups excluding tert-OH is 1. The zero-order chi connectivity index (χ0) is 17.3. The van der Waals surface area contributed by atoms with Gasteiger partial charge in [-0.1, -0.05) is 0 Å². The summed E-state index contributed by atoms with van der Waals surface area (Å²) in [6, 6.07) is 1.50. The Morgan fingerprint density at radius 3 is 2.09 bits per heavy atom. The second kappa shape index (κ2) is 6.41. The Morgan fingerprint density at radius 2 is 1.70 bits per heavy atom. The van der Waals surface area contributed by atoms with Crippen molar-refractivity contribution in [2.45, 2.75) is 20.0 Å². The van der Waals surface area contributed by atoms with Crippen LogP contribution in [0.3, 0.4) is 0 Å². The second-order valence-corrected chi connectivity index (χ2v) is 5.10. The van der Waals surface area contributed by atoms with Gasteiger partial charge in [0.2, 0.25) is 0 Å². The number of aliphatic hydroxyl groups is 1. The fraction of sp³-hybridized carbons (Fsp3) is 0.400. The number of amides is 2. The number of fused-ring (bicyclic) bond motifs is 1. The maximum absolute atomic E-state index is 13.7. The summed E-state index contributed by atoms with van der Waals surface area (Å²) in [6.07, 6.45) is -1.21. The van der Waals surface area contributed by atoms with Crippen LogP contribution in [0.4, 0.5) is 8.78 Å².